The first-order valence-corrected chi connectivity index (χ1v) is 19.2. The van der Waals surface area contributed by atoms with E-state index in [1.807, 2.05) is 7.05 Å². The summed E-state index contributed by atoms with van der Waals surface area (Å²) in [6, 6.07) is 13.0. The molecule has 0 aliphatic carbocycles. The van der Waals surface area contributed by atoms with Crippen molar-refractivity contribution in [3.63, 3.8) is 0 Å². The number of rotatable bonds is 6. The summed E-state index contributed by atoms with van der Waals surface area (Å²) < 4.78 is 0. The number of hydrogen-bond donors (Lipinski definition) is 1. The third-order valence-corrected chi connectivity index (χ3v) is 9.82. The van der Waals surface area contributed by atoms with Crippen molar-refractivity contribution in [2.24, 2.45) is 0 Å². The molecule has 0 amide bonds. The molecule has 27 heavy (non-hydrogen) atoms. The van der Waals surface area contributed by atoms with Crippen LogP contribution < -0.4 is 21.0 Å². The summed E-state index contributed by atoms with van der Waals surface area (Å²) >= 11 is 1.47. The van der Waals surface area contributed by atoms with Crippen molar-refractivity contribution in [3.8, 4) is 5.75 Å². The predicted octanol–water partition coefficient (Wildman–Crippen LogP) is 4.30. The van der Waals surface area contributed by atoms with Crippen LogP contribution in [0.15, 0.2) is 36.4 Å². The van der Waals surface area contributed by atoms with Crippen LogP contribution in [0.5, 0.6) is 5.75 Å². The van der Waals surface area contributed by atoms with Crippen LogP contribution in [-0.4, -0.2) is 28.3 Å². The normalized spacial score (nSPS) is 12.1. The Balaban J connectivity index is 0.00000176. The van der Waals surface area contributed by atoms with Crippen LogP contribution in [0.2, 0.25) is 39.3 Å². The Labute approximate surface area is 184 Å². The first-order valence-electron chi connectivity index (χ1n) is 9.01. The number of hydrogen-bond acceptors (Lipinski definition) is 1. The Kier molecular flexibility index (Phi) is 9.98. The summed E-state index contributed by atoms with van der Waals surface area (Å²) in [5.74, 6) is 0.530. The van der Waals surface area contributed by atoms with Crippen LogP contribution in [-0.2, 0) is 25.9 Å². The molecule has 0 aliphatic heterocycles. The van der Waals surface area contributed by atoms with Crippen LogP contribution in [0.3, 0.4) is 0 Å². The van der Waals surface area contributed by atoms with Crippen LogP contribution >= 0.6 is 17.9 Å². The van der Waals surface area contributed by atoms with Gasteiger partial charge in [-0.25, -0.2) is 0 Å². The van der Waals surface area contributed by atoms with Crippen molar-refractivity contribution in [3.05, 3.63) is 47.3 Å². The van der Waals surface area contributed by atoms with Gasteiger partial charge in [0.25, 0.3) is 0 Å². The fraction of sp³-hybridized carbons (Fsp3) is 0.400. The Morgan fingerprint density at radius 2 is 1.56 bits per heavy atom. The summed E-state index contributed by atoms with van der Waals surface area (Å²) in [6.07, 6.45) is 0. The summed E-state index contributed by atoms with van der Waals surface area (Å²) in [6.45, 7) is 14.8. The molecule has 1 unspecified atom stereocenters. The van der Waals surface area contributed by atoms with Crippen molar-refractivity contribution in [1.29, 1.82) is 0 Å². The topological polar surface area (TPSA) is 34.3 Å². The van der Waals surface area contributed by atoms with E-state index in [0.717, 1.165) is 11.8 Å². The average Bonchev–Trinajstić information content (AvgIpc) is 2.58. The van der Waals surface area contributed by atoms with Gasteiger partial charge in [0.1, 0.15) is 5.75 Å². The van der Waals surface area contributed by atoms with E-state index < -0.39 is 16.1 Å². The van der Waals surface area contributed by atoms with Crippen molar-refractivity contribution >= 4 is 55.0 Å². The number of aromatic hydroxyl groups is 1. The van der Waals surface area contributed by atoms with E-state index in [4.69, 9.17) is 0 Å². The SMILES string of the molecule is C[N-]Cc1ccccc1Pc1cc([Si](C)(C)C)cc([Si](C)(C)C)c1O.[Cl][Ti+]. The van der Waals surface area contributed by atoms with E-state index in [1.165, 1.54) is 40.6 Å². The van der Waals surface area contributed by atoms with Gasteiger partial charge in [0.05, 0.1) is 16.1 Å². The molecule has 2 rings (SSSR count). The van der Waals surface area contributed by atoms with Crippen molar-refractivity contribution in [2.75, 3.05) is 7.05 Å². The average molecular weight is 472 g/mol. The quantitative estimate of drug-likeness (QED) is 0.494. The summed E-state index contributed by atoms with van der Waals surface area (Å²) in [7, 11) is 3.91. The number of nitrogens with zero attached hydrogens (tertiary/aromatic N) is 1. The predicted molar refractivity (Wildman–Crippen MR) is 127 cm³/mol. The Morgan fingerprint density at radius 3 is 2.07 bits per heavy atom. The third kappa shape index (κ3) is 7.12. The molecule has 0 heterocycles. The summed E-state index contributed by atoms with van der Waals surface area (Å²) in [4.78, 5) is 0. The zero-order chi connectivity index (χ0) is 20.8. The molecule has 2 nitrogen and oxygen atoms in total. The Morgan fingerprint density at radius 1 is 0.963 bits per heavy atom. The monoisotopic (exact) mass is 471 g/mol. The summed E-state index contributed by atoms with van der Waals surface area (Å²) in [5, 5.41) is 20.4. The van der Waals surface area contributed by atoms with Gasteiger partial charge in [-0.05, 0) is 10.5 Å². The molecule has 0 radical (unpaired) electrons. The molecule has 0 aromatic heterocycles. The zero-order valence-electron chi connectivity index (χ0n) is 17.4. The van der Waals surface area contributed by atoms with Crippen LogP contribution in [0.25, 0.3) is 5.32 Å². The molecule has 0 aliphatic rings. The van der Waals surface area contributed by atoms with Crippen molar-refractivity contribution in [2.45, 2.75) is 45.8 Å². The molecule has 0 spiro atoms. The Hall–Kier alpha value is 0.0681. The molecule has 7 heteroatoms. The molecule has 1 atom stereocenters. The fourth-order valence-electron chi connectivity index (χ4n) is 2.83. The van der Waals surface area contributed by atoms with Crippen molar-refractivity contribution in [1.82, 2.24) is 0 Å². The molecule has 1 N–H and O–H groups in total. The van der Waals surface area contributed by atoms with Gasteiger partial charge in [0, 0.05) is 5.30 Å². The molecule has 146 valence electrons. The first kappa shape index (κ1) is 25.1. The molecular formula is C20H31ClNOPSi2Ti. The van der Waals surface area contributed by atoms with Gasteiger partial charge in [-0.1, -0.05) is 95.0 Å². The van der Waals surface area contributed by atoms with Crippen LogP contribution in [0, 0.1) is 0 Å². The van der Waals surface area contributed by atoms with Gasteiger partial charge in [-0.3, -0.25) is 0 Å². The van der Waals surface area contributed by atoms with Crippen LogP contribution in [0.4, 0.5) is 0 Å². The second-order valence-electron chi connectivity index (χ2n) is 8.68. The van der Waals surface area contributed by atoms with Gasteiger partial charge in [0.15, 0.2) is 0 Å². The van der Waals surface area contributed by atoms with Crippen LogP contribution in [0.1, 0.15) is 5.56 Å². The third-order valence-electron chi connectivity index (χ3n) is 4.40. The molecule has 0 fully saturated rings. The number of phenolic OH excluding ortho intramolecular Hbond substituents is 1. The van der Waals surface area contributed by atoms with E-state index in [1.54, 1.807) is 0 Å². The minimum atomic E-state index is -1.61. The van der Waals surface area contributed by atoms with Gasteiger partial charge >= 0.3 is 28.7 Å². The van der Waals surface area contributed by atoms with Crippen molar-refractivity contribution < 1.29 is 24.5 Å². The number of phenols is 1. The maximum absolute atomic E-state index is 11.0. The molecule has 2 aromatic carbocycles. The number of benzene rings is 2. The van der Waals surface area contributed by atoms with E-state index >= 15 is 0 Å². The summed E-state index contributed by atoms with van der Waals surface area (Å²) in [5.41, 5.74) is 1.26. The van der Waals surface area contributed by atoms with Gasteiger partial charge in [0.2, 0.25) is 0 Å². The van der Waals surface area contributed by atoms with Gasteiger partial charge < -0.3 is 10.4 Å². The number of halogens is 1. The second-order valence-corrected chi connectivity index (χ2v) is 20.1. The van der Waals surface area contributed by atoms with Gasteiger partial charge in [-0.15, -0.1) is 6.54 Å². The molecule has 0 bridgehead atoms. The maximum atomic E-state index is 11.0. The van der Waals surface area contributed by atoms with E-state index in [9.17, 15) is 5.11 Å². The molecule has 0 saturated carbocycles. The molecule has 0 saturated heterocycles. The standard InChI is InChI=1S/C20H31NOPSi2.ClH.Ti/c1-21-14-15-10-8-9-11-17(15)23-18-12-16(24(2,3)4)13-19(20(18)22)25(5,6)7;;/h8-13,22-23H,14H2,1-7H3;1H;/q-1;;+2/p-1. The minimum absolute atomic E-state index is 0.470. The van der Waals surface area contributed by atoms with E-state index in [0.29, 0.717) is 14.3 Å². The Bertz CT molecular complexity index is 761. The van der Waals surface area contributed by atoms with E-state index in [2.05, 4.69) is 90.3 Å². The van der Waals surface area contributed by atoms with Gasteiger partial charge in [-0.2, -0.15) is 7.05 Å². The fourth-order valence-corrected chi connectivity index (χ4v) is 7.11. The second kappa shape index (κ2) is 10.7. The van der Waals surface area contributed by atoms with E-state index in [-0.39, 0.29) is 0 Å². The molecular weight excluding hydrogens is 441 g/mol. The first-order chi connectivity index (χ1) is 12.5. The zero-order valence-corrected chi connectivity index (χ0v) is 22.8. The molecule has 2 aromatic rings.